The zero-order valence-corrected chi connectivity index (χ0v) is 23.3. The number of hydrogen-bond donors (Lipinski definition) is 3. The highest BCUT2D eigenvalue weighted by Gasteiger charge is 2.36. The molecule has 9 nitrogen and oxygen atoms in total. The number of carbonyl (C=O) groups is 3. The second-order valence-electron chi connectivity index (χ2n) is 10.8. The molecule has 1 fully saturated rings. The number of aryl methyl sites for hydroxylation is 1. The predicted octanol–water partition coefficient (Wildman–Crippen LogP) is 2.88. The molecule has 0 radical (unpaired) electrons. The second-order valence-corrected chi connectivity index (χ2v) is 11.2. The van der Waals surface area contributed by atoms with E-state index < -0.39 is 23.4 Å². The summed E-state index contributed by atoms with van der Waals surface area (Å²) in [6.45, 7) is 12.0. The van der Waals surface area contributed by atoms with Gasteiger partial charge in [0.2, 0.25) is 18.2 Å². The van der Waals surface area contributed by atoms with Gasteiger partial charge in [0, 0.05) is 24.7 Å². The van der Waals surface area contributed by atoms with Crippen LogP contribution in [0.1, 0.15) is 52.5 Å². The van der Waals surface area contributed by atoms with Crippen molar-refractivity contribution >= 4 is 29.8 Å². The maximum atomic E-state index is 13.4. The summed E-state index contributed by atoms with van der Waals surface area (Å²) < 4.78 is 5.36. The average molecular weight is 539 g/mol. The number of hydrogen-bond acceptors (Lipinski definition) is 6. The number of ether oxygens (including phenoxy) is 1. The Kier molecular flexibility index (Phi) is 12.8. The lowest BCUT2D eigenvalue weighted by atomic mass is 9.84. The molecule has 0 bridgehead atoms. The highest BCUT2D eigenvalue weighted by atomic mass is 35.5. The SMILES string of the molecule is C[C@@H]([C@@H](CCCc1ccc(Cl)cc1)C(=O)N[C@H](C(=O)NCCCN1CCOCC1)C(C)(C)C)N(O)C=O. The third kappa shape index (κ3) is 10.6. The van der Waals surface area contributed by atoms with Gasteiger partial charge in [-0.05, 0) is 62.3 Å². The highest BCUT2D eigenvalue weighted by molar-refractivity contribution is 6.30. The number of rotatable bonds is 14. The van der Waals surface area contributed by atoms with E-state index in [2.05, 4.69) is 15.5 Å². The van der Waals surface area contributed by atoms with Crippen LogP contribution < -0.4 is 10.6 Å². The molecule has 0 aliphatic carbocycles. The van der Waals surface area contributed by atoms with Gasteiger partial charge in [-0.15, -0.1) is 0 Å². The predicted molar refractivity (Wildman–Crippen MR) is 143 cm³/mol. The van der Waals surface area contributed by atoms with Crippen LogP contribution in [0.25, 0.3) is 0 Å². The normalized spacial score (nSPS) is 16.9. The molecule has 1 aliphatic rings. The van der Waals surface area contributed by atoms with Crippen LogP contribution in [0.15, 0.2) is 24.3 Å². The third-order valence-electron chi connectivity index (χ3n) is 6.81. The monoisotopic (exact) mass is 538 g/mol. The molecule has 0 saturated carbocycles. The summed E-state index contributed by atoms with van der Waals surface area (Å²) in [5.74, 6) is -1.30. The van der Waals surface area contributed by atoms with Gasteiger partial charge in [0.1, 0.15) is 6.04 Å². The molecular weight excluding hydrogens is 496 g/mol. The zero-order valence-electron chi connectivity index (χ0n) is 22.5. The summed E-state index contributed by atoms with van der Waals surface area (Å²) >= 11 is 5.96. The third-order valence-corrected chi connectivity index (χ3v) is 7.06. The summed E-state index contributed by atoms with van der Waals surface area (Å²) in [4.78, 5) is 40.0. The molecule has 1 heterocycles. The molecule has 1 aromatic carbocycles. The van der Waals surface area contributed by atoms with Crippen molar-refractivity contribution in [1.82, 2.24) is 20.6 Å². The molecule has 3 atom stereocenters. The first-order valence-corrected chi connectivity index (χ1v) is 13.5. The van der Waals surface area contributed by atoms with Crippen molar-refractivity contribution < 1.29 is 24.3 Å². The number of morpholine rings is 1. The molecule has 1 aromatic rings. The van der Waals surface area contributed by atoms with Crippen molar-refractivity contribution in [3.8, 4) is 0 Å². The first-order valence-electron chi connectivity index (χ1n) is 13.1. The van der Waals surface area contributed by atoms with Gasteiger partial charge in [-0.3, -0.25) is 24.5 Å². The zero-order chi connectivity index (χ0) is 27.4. The minimum atomic E-state index is -0.766. The van der Waals surface area contributed by atoms with Crippen LogP contribution in [-0.2, 0) is 25.5 Å². The van der Waals surface area contributed by atoms with Crippen LogP contribution in [0.2, 0.25) is 5.02 Å². The van der Waals surface area contributed by atoms with E-state index in [0.29, 0.717) is 42.3 Å². The van der Waals surface area contributed by atoms with E-state index in [1.165, 1.54) is 0 Å². The van der Waals surface area contributed by atoms with Gasteiger partial charge in [0.15, 0.2) is 0 Å². The van der Waals surface area contributed by atoms with E-state index in [4.69, 9.17) is 16.3 Å². The maximum absolute atomic E-state index is 13.4. The second kappa shape index (κ2) is 15.3. The largest absolute Gasteiger partial charge is 0.379 e. The van der Waals surface area contributed by atoms with E-state index in [9.17, 15) is 19.6 Å². The number of benzene rings is 1. The molecule has 37 heavy (non-hydrogen) atoms. The van der Waals surface area contributed by atoms with E-state index in [1.807, 2.05) is 45.0 Å². The molecule has 2 rings (SSSR count). The van der Waals surface area contributed by atoms with Crippen LogP contribution >= 0.6 is 11.6 Å². The molecular formula is C27H43ClN4O5. The number of carbonyl (C=O) groups excluding carboxylic acids is 3. The molecule has 208 valence electrons. The fraction of sp³-hybridized carbons (Fsp3) is 0.667. The standard InChI is InChI=1S/C27H43ClN4O5/c1-20(32(36)19-33)23(8-5-7-21-9-11-22(28)12-10-21)25(34)30-24(27(2,3)4)26(35)29-13-6-14-31-15-17-37-18-16-31/h9-12,19-20,23-24,36H,5-8,13-18H2,1-4H3,(H,29,35)(H,30,34)/t20-,23+,24+/m0/s1. The van der Waals surface area contributed by atoms with Crippen molar-refractivity contribution in [3.63, 3.8) is 0 Å². The molecule has 3 amide bonds. The average Bonchev–Trinajstić information content (AvgIpc) is 2.87. The van der Waals surface area contributed by atoms with Gasteiger partial charge < -0.3 is 15.4 Å². The molecule has 3 N–H and O–H groups in total. The minimum Gasteiger partial charge on any atom is -0.379 e. The lowest BCUT2D eigenvalue weighted by molar-refractivity contribution is -0.166. The molecule has 1 aliphatic heterocycles. The summed E-state index contributed by atoms with van der Waals surface area (Å²) in [5, 5.41) is 17.1. The van der Waals surface area contributed by atoms with Crippen molar-refractivity contribution in [1.29, 1.82) is 0 Å². The maximum Gasteiger partial charge on any atom is 0.243 e. The lowest BCUT2D eigenvalue weighted by Gasteiger charge is -2.34. The molecule has 0 aromatic heterocycles. The molecule has 10 heteroatoms. The molecule has 0 unspecified atom stereocenters. The minimum absolute atomic E-state index is 0.244. The van der Waals surface area contributed by atoms with Crippen LogP contribution in [0.4, 0.5) is 0 Å². The fourth-order valence-corrected chi connectivity index (χ4v) is 4.54. The van der Waals surface area contributed by atoms with Crippen LogP contribution in [0.5, 0.6) is 0 Å². The fourth-order valence-electron chi connectivity index (χ4n) is 4.41. The highest BCUT2D eigenvalue weighted by Crippen LogP contribution is 2.23. The summed E-state index contributed by atoms with van der Waals surface area (Å²) in [7, 11) is 0. The Labute approximate surface area is 225 Å². The Balaban J connectivity index is 1.98. The number of halogens is 1. The van der Waals surface area contributed by atoms with Crippen LogP contribution in [-0.4, -0.2) is 84.9 Å². The molecule has 1 saturated heterocycles. The van der Waals surface area contributed by atoms with E-state index in [0.717, 1.165) is 44.8 Å². The van der Waals surface area contributed by atoms with Gasteiger partial charge in [-0.2, -0.15) is 0 Å². The van der Waals surface area contributed by atoms with Gasteiger partial charge in [-0.1, -0.05) is 44.5 Å². The Morgan fingerprint density at radius 2 is 1.81 bits per heavy atom. The van der Waals surface area contributed by atoms with Crippen molar-refractivity contribution in [2.75, 3.05) is 39.4 Å². The van der Waals surface area contributed by atoms with Crippen molar-refractivity contribution in [2.24, 2.45) is 11.3 Å². The van der Waals surface area contributed by atoms with E-state index in [1.54, 1.807) is 6.92 Å². The first kappa shape index (κ1) is 31.0. The van der Waals surface area contributed by atoms with E-state index >= 15 is 0 Å². The Morgan fingerprint density at radius 3 is 2.41 bits per heavy atom. The summed E-state index contributed by atoms with van der Waals surface area (Å²) in [6.07, 6.45) is 2.90. The Bertz CT molecular complexity index is 855. The topological polar surface area (TPSA) is 111 Å². The summed E-state index contributed by atoms with van der Waals surface area (Å²) in [6, 6.07) is 5.99. The number of nitrogens with one attached hydrogen (secondary N) is 2. The van der Waals surface area contributed by atoms with Crippen molar-refractivity contribution in [2.45, 2.75) is 65.5 Å². The van der Waals surface area contributed by atoms with Gasteiger partial charge >= 0.3 is 0 Å². The van der Waals surface area contributed by atoms with Crippen molar-refractivity contribution in [3.05, 3.63) is 34.9 Å². The quantitative estimate of drug-likeness (QED) is 0.145. The Morgan fingerprint density at radius 1 is 1.16 bits per heavy atom. The summed E-state index contributed by atoms with van der Waals surface area (Å²) in [5.41, 5.74) is 0.543. The number of hydroxylamine groups is 2. The molecule has 0 spiro atoms. The smallest absolute Gasteiger partial charge is 0.243 e. The number of nitrogens with zero attached hydrogens (tertiary/aromatic N) is 2. The van der Waals surface area contributed by atoms with Gasteiger partial charge in [-0.25, -0.2) is 5.06 Å². The lowest BCUT2D eigenvalue weighted by Crippen LogP contribution is -2.56. The van der Waals surface area contributed by atoms with Crippen LogP contribution in [0.3, 0.4) is 0 Å². The van der Waals surface area contributed by atoms with Crippen LogP contribution in [0, 0.1) is 11.3 Å². The first-order chi connectivity index (χ1) is 17.5. The van der Waals surface area contributed by atoms with E-state index in [-0.39, 0.29) is 11.8 Å². The van der Waals surface area contributed by atoms with Gasteiger partial charge in [0.05, 0.1) is 25.2 Å². The Hall–Kier alpha value is -2.20. The van der Waals surface area contributed by atoms with Gasteiger partial charge in [0.25, 0.3) is 0 Å². The number of amides is 3.